The van der Waals surface area contributed by atoms with Crippen molar-refractivity contribution < 1.29 is 4.74 Å². The first-order valence-electron chi connectivity index (χ1n) is 5.75. The summed E-state index contributed by atoms with van der Waals surface area (Å²) < 4.78 is 5.55. The van der Waals surface area contributed by atoms with Crippen molar-refractivity contribution >= 4 is 23.6 Å². The average Bonchev–Trinajstić information content (AvgIpc) is 2.92. The molecule has 2 aromatic heterocycles. The van der Waals surface area contributed by atoms with Gasteiger partial charge in [0.05, 0.1) is 22.2 Å². The zero-order chi connectivity index (χ0) is 13.1. The predicted octanol–water partition coefficient (Wildman–Crippen LogP) is 2.90. The molecule has 18 heavy (non-hydrogen) atoms. The molecule has 0 saturated carbocycles. The standard InChI is InChI=1S/C11H16N4OS2/c1-6(2)8-9(10-13-11(17)15-14-10)18-7(12-8)4-5-16-3/h6H,4-5H2,1-3H3,(H2,13,14,15,17). The zero-order valence-corrected chi connectivity index (χ0v) is 12.2. The van der Waals surface area contributed by atoms with E-state index in [-0.39, 0.29) is 0 Å². The van der Waals surface area contributed by atoms with E-state index < -0.39 is 0 Å². The molecule has 0 atom stereocenters. The number of nitrogens with zero attached hydrogens (tertiary/aromatic N) is 2. The van der Waals surface area contributed by atoms with E-state index >= 15 is 0 Å². The van der Waals surface area contributed by atoms with Gasteiger partial charge in [-0.25, -0.2) is 4.98 Å². The second-order valence-corrected chi connectivity index (χ2v) is 5.71. The highest BCUT2D eigenvalue weighted by molar-refractivity contribution is 7.71. The van der Waals surface area contributed by atoms with Gasteiger partial charge in [-0.05, 0) is 18.1 Å². The van der Waals surface area contributed by atoms with Gasteiger partial charge in [0.2, 0.25) is 4.77 Å². The summed E-state index contributed by atoms with van der Waals surface area (Å²) in [5.74, 6) is 1.12. The molecule has 2 heterocycles. The number of ether oxygens (including phenoxy) is 1. The van der Waals surface area contributed by atoms with Crippen LogP contribution in [0.4, 0.5) is 0 Å². The molecule has 0 fully saturated rings. The maximum absolute atomic E-state index is 5.09. The Labute approximate surface area is 115 Å². The van der Waals surface area contributed by atoms with Crippen LogP contribution in [0.2, 0.25) is 0 Å². The van der Waals surface area contributed by atoms with Crippen LogP contribution in [-0.2, 0) is 11.2 Å². The van der Waals surface area contributed by atoms with E-state index in [0.29, 0.717) is 17.3 Å². The third-order valence-electron chi connectivity index (χ3n) is 2.48. The molecule has 0 unspecified atom stereocenters. The third kappa shape index (κ3) is 2.85. The number of methoxy groups -OCH3 is 1. The molecule has 98 valence electrons. The second-order valence-electron chi connectivity index (χ2n) is 4.24. The SMILES string of the molecule is COCCc1nc(C(C)C)c(-c2nc(=S)[nH][nH]2)s1. The van der Waals surface area contributed by atoms with Crippen molar-refractivity contribution in [2.45, 2.75) is 26.2 Å². The Bertz CT molecular complexity index is 570. The molecule has 0 saturated heterocycles. The molecule has 0 radical (unpaired) electrons. The normalized spacial score (nSPS) is 11.3. The first-order valence-corrected chi connectivity index (χ1v) is 6.98. The lowest BCUT2D eigenvalue weighted by atomic mass is 10.1. The van der Waals surface area contributed by atoms with Gasteiger partial charge >= 0.3 is 0 Å². The first kappa shape index (κ1) is 13.4. The van der Waals surface area contributed by atoms with Crippen molar-refractivity contribution in [1.82, 2.24) is 20.2 Å². The fourth-order valence-corrected chi connectivity index (χ4v) is 2.90. The summed E-state index contributed by atoms with van der Waals surface area (Å²) in [6, 6.07) is 0. The molecule has 0 aliphatic carbocycles. The number of aromatic nitrogens is 4. The van der Waals surface area contributed by atoms with E-state index in [2.05, 4.69) is 34.0 Å². The van der Waals surface area contributed by atoms with Crippen LogP contribution in [0.3, 0.4) is 0 Å². The molecule has 0 aliphatic rings. The van der Waals surface area contributed by atoms with Gasteiger partial charge in [-0.3, -0.25) is 10.2 Å². The average molecular weight is 284 g/mol. The van der Waals surface area contributed by atoms with Crippen molar-refractivity contribution in [1.29, 1.82) is 0 Å². The van der Waals surface area contributed by atoms with Crippen molar-refractivity contribution in [3.8, 4) is 10.7 Å². The van der Waals surface area contributed by atoms with Crippen LogP contribution in [0.25, 0.3) is 10.7 Å². The van der Waals surface area contributed by atoms with Crippen molar-refractivity contribution in [3.05, 3.63) is 15.5 Å². The van der Waals surface area contributed by atoms with Crippen LogP contribution in [0.1, 0.15) is 30.5 Å². The molecular formula is C11H16N4OS2. The van der Waals surface area contributed by atoms with Crippen LogP contribution in [-0.4, -0.2) is 33.9 Å². The van der Waals surface area contributed by atoms with Crippen molar-refractivity contribution in [2.24, 2.45) is 0 Å². The van der Waals surface area contributed by atoms with Gasteiger partial charge in [-0.15, -0.1) is 11.3 Å². The second kappa shape index (κ2) is 5.73. The fraction of sp³-hybridized carbons (Fsp3) is 0.545. The first-order chi connectivity index (χ1) is 8.61. The monoisotopic (exact) mass is 284 g/mol. The van der Waals surface area contributed by atoms with Crippen LogP contribution in [0, 0.1) is 4.77 Å². The van der Waals surface area contributed by atoms with E-state index in [1.54, 1.807) is 18.4 Å². The molecular weight excluding hydrogens is 268 g/mol. The quantitative estimate of drug-likeness (QED) is 0.829. The van der Waals surface area contributed by atoms with Gasteiger partial charge < -0.3 is 4.74 Å². The Balaban J connectivity index is 2.38. The number of thiazole rings is 1. The van der Waals surface area contributed by atoms with Crippen molar-refractivity contribution in [3.63, 3.8) is 0 Å². The van der Waals surface area contributed by atoms with E-state index in [0.717, 1.165) is 27.8 Å². The van der Waals surface area contributed by atoms with Gasteiger partial charge in [-0.2, -0.15) is 4.98 Å². The number of rotatable bonds is 5. The molecule has 2 rings (SSSR count). The van der Waals surface area contributed by atoms with E-state index in [4.69, 9.17) is 17.0 Å². The molecule has 0 bridgehead atoms. The van der Waals surface area contributed by atoms with Gasteiger partial charge in [0.15, 0.2) is 5.82 Å². The minimum Gasteiger partial charge on any atom is -0.384 e. The van der Waals surface area contributed by atoms with Gasteiger partial charge in [-0.1, -0.05) is 13.8 Å². The Morgan fingerprint density at radius 1 is 1.33 bits per heavy atom. The molecule has 0 aliphatic heterocycles. The van der Waals surface area contributed by atoms with E-state index in [1.807, 2.05) is 0 Å². The summed E-state index contributed by atoms with van der Waals surface area (Å²) in [6.07, 6.45) is 0.825. The minimum absolute atomic E-state index is 0.353. The third-order valence-corrected chi connectivity index (χ3v) is 3.81. The van der Waals surface area contributed by atoms with Gasteiger partial charge in [0.25, 0.3) is 0 Å². The zero-order valence-electron chi connectivity index (χ0n) is 10.6. The molecule has 5 nitrogen and oxygen atoms in total. The summed E-state index contributed by atoms with van der Waals surface area (Å²) >= 11 is 6.63. The largest absolute Gasteiger partial charge is 0.384 e. The van der Waals surface area contributed by atoms with E-state index in [1.165, 1.54) is 0 Å². The fourth-order valence-electron chi connectivity index (χ4n) is 1.61. The van der Waals surface area contributed by atoms with Crippen LogP contribution < -0.4 is 0 Å². The molecule has 0 aromatic carbocycles. The molecule has 7 heteroatoms. The summed E-state index contributed by atoms with van der Waals surface area (Å²) in [5.41, 5.74) is 1.06. The highest BCUT2D eigenvalue weighted by atomic mass is 32.1. The number of hydrogen-bond donors (Lipinski definition) is 2. The predicted molar refractivity (Wildman–Crippen MR) is 74.5 cm³/mol. The Kier molecular flexibility index (Phi) is 4.26. The lowest BCUT2D eigenvalue weighted by Gasteiger charge is -2.01. The molecule has 0 amide bonds. The maximum Gasteiger partial charge on any atom is 0.213 e. The smallest absolute Gasteiger partial charge is 0.213 e. The Hall–Kier alpha value is -1.05. The summed E-state index contributed by atoms with van der Waals surface area (Å²) in [7, 11) is 1.70. The van der Waals surface area contributed by atoms with Crippen LogP contribution >= 0.6 is 23.6 Å². The summed E-state index contributed by atoms with van der Waals surface area (Å²) in [5, 5.41) is 6.87. The Morgan fingerprint density at radius 3 is 2.67 bits per heavy atom. The maximum atomic E-state index is 5.09. The lowest BCUT2D eigenvalue weighted by molar-refractivity contribution is 0.202. The molecule has 0 spiro atoms. The number of aromatic amines is 2. The molecule has 2 aromatic rings. The van der Waals surface area contributed by atoms with Crippen LogP contribution in [0.5, 0.6) is 0 Å². The van der Waals surface area contributed by atoms with Gasteiger partial charge in [0.1, 0.15) is 0 Å². The van der Waals surface area contributed by atoms with Crippen molar-refractivity contribution in [2.75, 3.05) is 13.7 Å². The highest BCUT2D eigenvalue weighted by Gasteiger charge is 2.17. The number of hydrogen-bond acceptors (Lipinski definition) is 5. The summed E-state index contributed by atoms with van der Waals surface area (Å²) in [6.45, 7) is 4.93. The summed E-state index contributed by atoms with van der Waals surface area (Å²) in [4.78, 5) is 9.98. The van der Waals surface area contributed by atoms with Crippen LogP contribution in [0.15, 0.2) is 0 Å². The minimum atomic E-state index is 0.353. The lowest BCUT2D eigenvalue weighted by Crippen LogP contribution is -1.95. The van der Waals surface area contributed by atoms with Gasteiger partial charge in [0, 0.05) is 13.5 Å². The number of H-pyrrole nitrogens is 2. The molecule has 2 N–H and O–H groups in total. The Morgan fingerprint density at radius 2 is 2.11 bits per heavy atom. The topological polar surface area (TPSA) is 66.6 Å². The number of nitrogens with one attached hydrogen (secondary N) is 2. The van der Waals surface area contributed by atoms with E-state index in [9.17, 15) is 0 Å². The highest BCUT2D eigenvalue weighted by Crippen LogP contribution is 2.32.